The standard InChI is InChI=1S/C8H20B2S2/c1-5-9(6-2)11-12-10(7-3)8-4/h5-8H2,1-4H3. The van der Waals surface area contributed by atoms with E-state index in [1.807, 2.05) is 0 Å². The minimum Gasteiger partial charge on any atom is -0.157 e. The summed E-state index contributed by atoms with van der Waals surface area (Å²) in [6, 6.07) is 0. The minimum atomic E-state index is 0.871. The van der Waals surface area contributed by atoms with Gasteiger partial charge in [0.05, 0.1) is 0 Å². The van der Waals surface area contributed by atoms with Crippen LogP contribution >= 0.6 is 21.3 Å². The lowest BCUT2D eigenvalue weighted by Crippen LogP contribution is -2.06. The van der Waals surface area contributed by atoms with Crippen molar-refractivity contribution in [2.75, 3.05) is 0 Å². The zero-order valence-electron chi connectivity index (χ0n) is 8.80. The van der Waals surface area contributed by atoms with Gasteiger partial charge >= 0.3 is 0 Å². The molecule has 0 bridgehead atoms. The highest BCUT2D eigenvalue weighted by atomic mass is 33.1. The van der Waals surface area contributed by atoms with Gasteiger partial charge in [-0.1, -0.05) is 53.0 Å². The summed E-state index contributed by atoms with van der Waals surface area (Å²) in [5.74, 6) is 1.74. The third-order valence-corrected chi connectivity index (χ3v) is 6.10. The van der Waals surface area contributed by atoms with Gasteiger partial charge in [0.15, 0.2) is 0 Å². The van der Waals surface area contributed by atoms with E-state index in [4.69, 9.17) is 0 Å². The summed E-state index contributed by atoms with van der Waals surface area (Å²) in [6.07, 6.45) is 5.26. The van der Waals surface area contributed by atoms with Gasteiger partial charge in [-0.3, -0.25) is 0 Å². The predicted molar refractivity (Wildman–Crippen MR) is 68.6 cm³/mol. The lowest BCUT2D eigenvalue weighted by molar-refractivity contribution is 1.35. The van der Waals surface area contributed by atoms with E-state index in [0.29, 0.717) is 0 Å². The van der Waals surface area contributed by atoms with Gasteiger partial charge in [0.1, 0.15) is 0 Å². The van der Waals surface area contributed by atoms with E-state index in [2.05, 4.69) is 49.0 Å². The Hall–Kier alpha value is 0.830. The average molecular weight is 202 g/mol. The van der Waals surface area contributed by atoms with Gasteiger partial charge in [-0.15, -0.1) is 0 Å². The lowest BCUT2D eigenvalue weighted by atomic mass is 9.70. The smallest absolute Gasteiger partial charge is 0.157 e. The van der Waals surface area contributed by atoms with Crippen LogP contribution in [0.25, 0.3) is 0 Å². The number of hydrogen-bond acceptors (Lipinski definition) is 2. The summed E-state index contributed by atoms with van der Waals surface area (Å²) in [7, 11) is 4.19. The molecule has 4 heteroatoms. The first-order valence-corrected chi connectivity index (χ1v) is 7.38. The Balaban J connectivity index is 3.49. The fourth-order valence-corrected chi connectivity index (χ4v) is 4.44. The molecule has 70 valence electrons. The molecule has 0 saturated carbocycles. The Bertz CT molecular complexity index is 81.1. The SMILES string of the molecule is CCB(CC)SSB(CC)CC. The van der Waals surface area contributed by atoms with Crippen LogP contribution in [0.1, 0.15) is 27.7 Å². The van der Waals surface area contributed by atoms with Crippen LogP contribution in [-0.4, -0.2) is 12.0 Å². The first kappa shape index (κ1) is 12.8. The molecule has 12 heavy (non-hydrogen) atoms. The molecular weight excluding hydrogens is 182 g/mol. The maximum atomic E-state index is 2.29. The third-order valence-electron chi connectivity index (χ3n) is 2.15. The van der Waals surface area contributed by atoms with E-state index >= 15 is 0 Å². The van der Waals surface area contributed by atoms with Crippen molar-refractivity contribution in [3.05, 3.63) is 0 Å². The van der Waals surface area contributed by atoms with Crippen molar-refractivity contribution in [1.29, 1.82) is 0 Å². The highest BCUT2D eigenvalue weighted by Crippen LogP contribution is 2.33. The molecule has 0 radical (unpaired) electrons. The Morgan fingerprint density at radius 1 is 0.667 bits per heavy atom. The molecule has 0 aromatic heterocycles. The maximum absolute atomic E-state index is 2.29. The second-order valence-electron chi connectivity index (χ2n) is 3.07. The van der Waals surface area contributed by atoms with Crippen molar-refractivity contribution in [2.24, 2.45) is 0 Å². The molecule has 0 saturated heterocycles. The van der Waals surface area contributed by atoms with E-state index in [9.17, 15) is 0 Å². The molecule has 0 spiro atoms. The van der Waals surface area contributed by atoms with Crippen molar-refractivity contribution < 1.29 is 0 Å². The topological polar surface area (TPSA) is 0 Å². The van der Waals surface area contributed by atoms with Gasteiger partial charge in [-0.25, -0.2) is 0 Å². The first-order valence-electron chi connectivity index (χ1n) is 5.10. The van der Waals surface area contributed by atoms with Gasteiger partial charge in [-0.2, -0.15) is 21.3 Å². The van der Waals surface area contributed by atoms with Gasteiger partial charge in [0, 0.05) is 0 Å². The zero-order valence-corrected chi connectivity index (χ0v) is 10.4. The van der Waals surface area contributed by atoms with Crippen LogP contribution in [-0.2, 0) is 0 Å². The largest absolute Gasteiger partial charge is 0.222 e. The molecule has 0 atom stereocenters. The van der Waals surface area contributed by atoms with E-state index in [0.717, 1.165) is 12.0 Å². The molecule has 0 aromatic carbocycles. The normalized spacial score (nSPS) is 10.0. The summed E-state index contributed by atoms with van der Waals surface area (Å²) in [5, 5.41) is 0. The number of rotatable bonds is 7. The second-order valence-corrected chi connectivity index (χ2v) is 5.94. The summed E-state index contributed by atoms with van der Waals surface area (Å²) < 4.78 is 0. The van der Waals surface area contributed by atoms with Crippen molar-refractivity contribution in [1.82, 2.24) is 0 Å². The van der Waals surface area contributed by atoms with Crippen LogP contribution in [0.3, 0.4) is 0 Å². The summed E-state index contributed by atoms with van der Waals surface area (Å²) in [6.45, 7) is 9.15. The van der Waals surface area contributed by atoms with Crippen LogP contribution in [0.5, 0.6) is 0 Å². The van der Waals surface area contributed by atoms with Gasteiger partial charge < -0.3 is 0 Å². The molecule has 0 heterocycles. The minimum absolute atomic E-state index is 0.871. The van der Waals surface area contributed by atoms with Gasteiger partial charge in [0.2, 0.25) is 12.0 Å². The highest BCUT2D eigenvalue weighted by molar-refractivity contribution is 8.94. The van der Waals surface area contributed by atoms with Crippen LogP contribution in [0.15, 0.2) is 0 Å². The zero-order chi connectivity index (χ0) is 9.40. The molecule has 0 aliphatic heterocycles. The fraction of sp³-hybridized carbons (Fsp3) is 1.00. The molecule has 0 nitrogen and oxygen atoms in total. The van der Waals surface area contributed by atoms with Crippen molar-refractivity contribution >= 4 is 33.3 Å². The van der Waals surface area contributed by atoms with Crippen LogP contribution in [0.4, 0.5) is 0 Å². The fourth-order valence-electron chi connectivity index (χ4n) is 1.01. The molecule has 0 aliphatic rings. The van der Waals surface area contributed by atoms with Crippen LogP contribution in [0, 0.1) is 0 Å². The summed E-state index contributed by atoms with van der Waals surface area (Å²) in [4.78, 5) is 0. The Morgan fingerprint density at radius 3 is 1.08 bits per heavy atom. The van der Waals surface area contributed by atoms with E-state index in [1.165, 1.54) is 25.3 Å². The summed E-state index contributed by atoms with van der Waals surface area (Å²) in [5.41, 5.74) is 0. The van der Waals surface area contributed by atoms with E-state index in [1.54, 1.807) is 0 Å². The average Bonchev–Trinajstić information content (AvgIpc) is 2.13. The van der Waals surface area contributed by atoms with Crippen LogP contribution in [0.2, 0.25) is 25.3 Å². The predicted octanol–water partition coefficient (Wildman–Crippen LogP) is 4.43. The molecule has 0 rings (SSSR count). The molecule has 0 N–H and O–H groups in total. The second kappa shape index (κ2) is 8.43. The first-order chi connectivity index (χ1) is 5.78. The van der Waals surface area contributed by atoms with Gasteiger partial charge in [0.25, 0.3) is 0 Å². The highest BCUT2D eigenvalue weighted by Gasteiger charge is 2.14. The lowest BCUT2D eigenvalue weighted by Gasteiger charge is -2.11. The van der Waals surface area contributed by atoms with Crippen molar-refractivity contribution in [2.45, 2.75) is 53.0 Å². The number of hydrogen-bond donors (Lipinski definition) is 0. The monoisotopic (exact) mass is 202 g/mol. The quantitative estimate of drug-likeness (QED) is 0.442. The Kier molecular flexibility index (Phi) is 9.01. The van der Waals surface area contributed by atoms with Crippen LogP contribution < -0.4 is 0 Å². The van der Waals surface area contributed by atoms with E-state index < -0.39 is 0 Å². The molecule has 0 aliphatic carbocycles. The molecule has 0 amide bonds. The molecular formula is C8H20B2S2. The molecule has 0 aromatic rings. The van der Waals surface area contributed by atoms with E-state index in [-0.39, 0.29) is 0 Å². The molecule has 0 fully saturated rings. The van der Waals surface area contributed by atoms with Gasteiger partial charge in [-0.05, 0) is 0 Å². The third kappa shape index (κ3) is 5.47. The maximum Gasteiger partial charge on any atom is 0.222 e. The Morgan fingerprint density at radius 2 is 0.917 bits per heavy atom. The Labute approximate surface area is 86.4 Å². The molecule has 0 unspecified atom stereocenters. The summed E-state index contributed by atoms with van der Waals surface area (Å²) >= 11 is 0. The van der Waals surface area contributed by atoms with Crippen molar-refractivity contribution in [3.8, 4) is 0 Å². The van der Waals surface area contributed by atoms with Crippen molar-refractivity contribution in [3.63, 3.8) is 0 Å².